The number of aromatic hydroxyl groups is 1. The smallest absolute Gasteiger partial charge is 0.246 e. The first-order valence-corrected chi connectivity index (χ1v) is 17.1. The molecule has 2 aliphatic heterocycles. The molecule has 0 bridgehead atoms. The quantitative estimate of drug-likeness (QED) is 0.185. The fourth-order valence-electron chi connectivity index (χ4n) is 8.76. The van der Waals surface area contributed by atoms with Crippen LogP contribution in [-0.2, 0) is 31.1 Å². The van der Waals surface area contributed by atoms with Crippen LogP contribution in [0.25, 0.3) is 0 Å². The largest absolute Gasteiger partial charge is 0.508 e. The lowest BCUT2D eigenvalue weighted by atomic mass is 9.49. The first-order chi connectivity index (χ1) is 23.2. The van der Waals surface area contributed by atoms with Crippen LogP contribution in [0.15, 0.2) is 102 Å². The molecular formula is C38H31ClN2O6S. The van der Waals surface area contributed by atoms with E-state index in [0.717, 1.165) is 10.5 Å². The van der Waals surface area contributed by atoms with Crippen molar-refractivity contribution < 1.29 is 29.0 Å². The van der Waals surface area contributed by atoms with Crippen LogP contribution in [0.2, 0.25) is 5.02 Å². The number of hydrogen-bond donors (Lipinski definition) is 1. The highest BCUT2D eigenvalue weighted by Gasteiger charge is 2.70. The molecule has 8 nitrogen and oxygen atoms in total. The fourth-order valence-corrected chi connectivity index (χ4v) is 9.64. The van der Waals surface area contributed by atoms with E-state index in [4.69, 9.17) is 16.3 Å². The molecule has 1 aromatic heterocycles. The average molecular weight is 679 g/mol. The van der Waals surface area contributed by atoms with Gasteiger partial charge < -0.3 is 9.84 Å². The lowest BCUT2D eigenvalue weighted by Crippen LogP contribution is -2.53. The predicted molar refractivity (Wildman–Crippen MR) is 181 cm³/mol. The Balaban J connectivity index is 1.35. The van der Waals surface area contributed by atoms with Gasteiger partial charge in [0.15, 0.2) is 0 Å². The molecule has 10 heteroatoms. The standard InChI is InChI=1S/C38H31ClN2O6S/c1-47-24-12-13-27(31(42)18-24)33-26-14-15-28-32(36(45)40(34(28)43)20-25-11-6-16-48-25)29(26)19-30-35(44)41(23-10-5-9-22(39)17-23)37(46)38(30,33)21-7-3-2-4-8-21/h2-14,16-18,28-30,32-33,42H,15,19-20H2,1H3/t28-,29+,30-,32-,33+,38+/m0/s1. The van der Waals surface area contributed by atoms with Crippen molar-refractivity contribution in [3.63, 3.8) is 0 Å². The van der Waals surface area contributed by atoms with Gasteiger partial charge in [0.05, 0.1) is 42.5 Å². The number of benzene rings is 3. The number of imide groups is 2. The van der Waals surface area contributed by atoms with Gasteiger partial charge in [-0.25, -0.2) is 4.90 Å². The van der Waals surface area contributed by atoms with E-state index in [1.807, 2.05) is 53.9 Å². The van der Waals surface area contributed by atoms with E-state index >= 15 is 4.79 Å². The first kappa shape index (κ1) is 30.6. The monoisotopic (exact) mass is 678 g/mol. The Morgan fingerprint density at radius 3 is 2.44 bits per heavy atom. The number of fused-ring (bicyclic) bond motifs is 4. The zero-order valence-corrected chi connectivity index (χ0v) is 27.5. The number of carbonyl (C=O) groups is 4. The molecule has 0 spiro atoms. The molecule has 2 aliphatic carbocycles. The van der Waals surface area contributed by atoms with Crippen molar-refractivity contribution in [3.05, 3.63) is 123 Å². The van der Waals surface area contributed by atoms with Gasteiger partial charge in [-0.2, -0.15) is 0 Å². The van der Waals surface area contributed by atoms with E-state index in [0.29, 0.717) is 34.0 Å². The van der Waals surface area contributed by atoms with Gasteiger partial charge in [-0.15, -0.1) is 11.3 Å². The Morgan fingerprint density at radius 1 is 0.917 bits per heavy atom. The molecule has 1 N–H and O–H groups in total. The van der Waals surface area contributed by atoms with Gasteiger partial charge in [-0.3, -0.25) is 24.1 Å². The maximum atomic E-state index is 15.3. The molecule has 0 unspecified atom stereocenters. The Kier molecular flexibility index (Phi) is 7.30. The minimum Gasteiger partial charge on any atom is -0.508 e. The SMILES string of the molecule is COc1ccc([C@H]2C3=CC[C@@H]4C(=O)N(Cc5cccs5)C(=O)[C@@H]4[C@@H]3C[C@H]3C(=O)N(c4cccc(Cl)c4)C(=O)[C@@]23c2ccccc2)c(O)c1. The van der Waals surface area contributed by atoms with Crippen molar-refractivity contribution in [1.82, 2.24) is 4.90 Å². The number of phenolic OH excluding ortho intramolecular Hbond substituents is 1. The molecule has 48 heavy (non-hydrogen) atoms. The zero-order chi connectivity index (χ0) is 33.3. The molecule has 0 radical (unpaired) electrons. The summed E-state index contributed by atoms with van der Waals surface area (Å²) < 4.78 is 5.40. The molecule has 2 saturated heterocycles. The summed E-state index contributed by atoms with van der Waals surface area (Å²) in [6.07, 6.45) is 2.48. The van der Waals surface area contributed by atoms with Crippen LogP contribution < -0.4 is 9.64 Å². The molecule has 6 atom stereocenters. The summed E-state index contributed by atoms with van der Waals surface area (Å²) in [7, 11) is 1.50. The second-order valence-corrected chi connectivity index (χ2v) is 14.3. The number of methoxy groups -OCH3 is 1. The molecule has 8 rings (SSSR count). The number of thiophene rings is 1. The van der Waals surface area contributed by atoms with Crippen LogP contribution in [-0.4, -0.2) is 40.7 Å². The zero-order valence-electron chi connectivity index (χ0n) is 25.9. The Labute approximate surface area is 286 Å². The number of nitrogens with zero attached hydrogens (tertiary/aromatic N) is 2. The van der Waals surface area contributed by atoms with Gasteiger partial charge in [-0.05, 0) is 60.0 Å². The van der Waals surface area contributed by atoms with Gasteiger partial charge in [0.1, 0.15) is 11.5 Å². The Hall–Kier alpha value is -4.73. The number of carbonyl (C=O) groups excluding carboxylic acids is 4. The van der Waals surface area contributed by atoms with Gasteiger partial charge >= 0.3 is 0 Å². The molecule has 3 heterocycles. The van der Waals surface area contributed by atoms with Crippen molar-refractivity contribution in [3.8, 4) is 11.5 Å². The second kappa shape index (κ2) is 11.5. The van der Waals surface area contributed by atoms with Crippen molar-refractivity contribution in [2.24, 2.45) is 23.7 Å². The lowest BCUT2D eigenvalue weighted by Gasteiger charge is -2.50. The van der Waals surface area contributed by atoms with Crippen LogP contribution in [0.1, 0.15) is 34.8 Å². The van der Waals surface area contributed by atoms with E-state index in [9.17, 15) is 19.5 Å². The lowest BCUT2D eigenvalue weighted by molar-refractivity contribution is -0.141. The number of hydrogen-bond acceptors (Lipinski definition) is 7. The number of phenols is 1. The van der Waals surface area contributed by atoms with Crippen molar-refractivity contribution in [2.45, 2.75) is 30.7 Å². The molecule has 3 fully saturated rings. The van der Waals surface area contributed by atoms with Gasteiger partial charge in [0.2, 0.25) is 23.6 Å². The number of ether oxygens (including phenoxy) is 1. The molecule has 242 valence electrons. The average Bonchev–Trinajstić information content (AvgIpc) is 3.76. The highest BCUT2D eigenvalue weighted by atomic mass is 35.5. The summed E-state index contributed by atoms with van der Waals surface area (Å²) in [5.41, 5.74) is 0.742. The van der Waals surface area contributed by atoms with Crippen LogP contribution in [0, 0.1) is 23.7 Å². The topological polar surface area (TPSA) is 104 Å². The van der Waals surface area contributed by atoms with Crippen molar-refractivity contribution >= 4 is 52.3 Å². The predicted octanol–water partition coefficient (Wildman–Crippen LogP) is 6.48. The summed E-state index contributed by atoms with van der Waals surface area (Å²) in [5.74, 6) is -4.49. The van der Waals surface area contributed by atoms with Crippen LogP contribution >= 0.6 is 22.9 Å². The van der Waals surface area contributed by atoms with Gasteiger partial charge in [-0.1, -0.05) is 71.8 Å². The van der Waals surface area contributed by atoms with Crippen LogP contribution in [0.3, 0.4) is 0 Å². The van der Waals surface area contributed by atoms with Gasteiger partial charge in [0.25, 0.3) is 0 Å². The summed E-state index contributed by atoms with van der Waals surface area (Å²) >= 11 is 7.86. The highest BCUT2D eigenvalue weighted by Crippen LogP contribution is 2.65. The Bertz CT molecular complexity index is 2010. The van der Waals surface area contributed by atoms with E-state index in [1.165, 1.54) is 34.3 Å². The van der Waals surface area contributed by atoms with Crippen molar-refractivity contribution in [1.29, 1.82) is 0 Å². The van der Waals surface area contributed by atoms with Crippen LogP contribution in [0.4, 0.5) is 5.69 Å². The number of likely N-dealkylation sites (tertiary alicyclic amines) is 1. The molecule has 3 aromatic carbocycles. The maximum Gasteiger partial charge on any atom is 0.246 e. The Morgan fingerprint density at radius 2 is 1.73 bits per heavy atom. The molecule has 4 aliphatic rings. The molecule has 4 aromatic rings. The first-order valence-electron chi connectivity index (χ1n) is 15.9. The molecule has 4 amide bonds. The number of anilines is 1. The van der Waals surface area contributed by atoms with E-state index in [-0.39, 0.29) is 30.5 Å². The summed E-state index contributed by atoms with van der Waals surface area (Å²) in [4.78, 5) is 61.6. The fraction of sp³-hybridized carbons (Fsp3) is 0.263. The van der Waals surface area contributed by atoms with E-state index in [2.05, 4.69) is 0 Å². The summed E-state index contributed by atoms with van der Waals surface area (Å²) in [6.45, 7) is 0.199. The van der Waals surface area contributed by atoms with Crippen molar-refractivity contribution in [2.75, 3.05) is 12.0 Å². The molecular weight excluding hydrogens is 648 g/mol. The molecule has 1 saturated carbocycles. The maximum absolute atomic E-state index is 15.3. The third-order valence-electron chi connectivity index (χ3n) is 10.7. The summed E-state index contributed by atoms with van der Waals surface area (Å²) in [6, 6.07) is 24.6. The minimum atomic E-state index is -1.47. The normalized spacial score (nSPS) is 27.9. The minimum absolute atomic E-state index is 0.0910. The number of halogens is 1. The van der Waals surface area contributed by atoms with Crippen LogP contribution in [0.5, 0.6) is 11.5 Å². The number of rotatable bonds is 6. The number of allylic oxidation sites excluding steroid dienone is 2. The second-order valence-electron chi connectivity index (χ2n) is 12.9. The van der Waals surface area contributed by atoms with E-state index < -0.39 is 46.8 Å². The van der Waals surface area contributed by atoms with Gasteiger partial charge in [0, 0.05) is 27.4 Å². The van der Waals surface area contributed by atoms with E-state index in [1.54, 1.807) is 36.4 Å². The number of amides is 4. The summed E-state index contributed by atoms with van der Waals surface area (Å²) in [5, 5.41) is 13.9. The third kappa shape index (κ3) is 4.33. The highest BCUT2D eigenvalue weighted by molar-refractivity contribution is 7.09. The third-order valence-corrected chi connectivity index (χ3v) is 11.8.